The van der Waals surface area contributed by atoms with Crippen molar-refractivity contribution < 1.29 is 29.0 Å². The van der Waals surface area contributed by atoms with Gasteiger partial charge in [-0.15, -0.1) is 0 Å². The molecule has 0 atom stereocenters. The van der Waals surface area contributed by atoms with E-state index in [4.69, 9.17) is 9.47 Å². The molecule has 4 aromatic rings. The van der Waals surface area contributed by atoms with Crippen LogP contribution in [0.25, 0.3) is 6.08 Å². The minimum Gasteiger partial charge on any atom is -0.507 e. The first-order valence-electron chi connectivity index (χ1n) is 11.1. The van der Waals surface area contributed by atoms with Gasteiger partial charge in [0.05, 0.1) is 16.7 Å². The number of carbonyl (C=O) groups excluding carboxylic acids is 3. The third-order valence-electron chi connectivity index (χ3n) is 5.24. The molecular weight excluding hydrogens is 456 g/mol. The van der Waals surface area contributed by atoms with Crippen molar-refractivity contribution in [2.45, 2.75) is 6.92 Å². The third kappa shape index (κ3) is 5.93. The lowest BCUT2D eigenvalue weighted by atomic mass is 10.1. The molecule has 4 rings (SSSR count). The second-order valence-electron chi connectivity index (χ2n) is 7.94. The summed E-state index contributed by atoms with van der Waals surface area (Å²) in [4.78, 5) is 37.9. The van der Waals surface area contributed by atoms with E-state index in [9.17, 15) is 19.5 Å². The quantitative estimate of drug-likeness (QED) is 0.151. The van der Waals surface area contributed by atoms with Crippen LogP contribution in [0.1, 0.15) is 42.2 Å². The molecule has 0 heterocycles. The van der Waals surface area contributed by atoms with E-state index in [1.165, 1.54) is 30.4 Å². The zero-order valence-corrected chi connectivity index (χ0v) is 19.4. The molecule has 0 spiro atoms. The largest absolute Gasteiger partial charge is 0.507 e. The van der Waals surface area contributed by atoms with Crippen LogP contribution in [0.4, 0.5) is 0 Å². The molecule has 0 unspecified atom stereocenters. The normalized spacial score (nSPS) is 10.7. The summed E-state index contributed by atoms with van der Waals surface area (Å²) < 4.78 is 11.1. The Kier molecular flexibility index (Phi) is 7.36. The molecule has 0 saturated heterocycles. The SMILES string of the molecule is Cc1ccc(O)c(C(=O)/C=C/c2ccc(OC(=O)c3ccccc3)c(OC(=O)c3ccccc3)c2)c1. The summed E-state index contributed by atoms with van der Waals surface area (Å²) in [6.45, 7) is 1.82. The van der Waals surface area contributed by atoms with Gasteiger partial charge < -0.3 is 14.6 Å². The molecule has 178 valence electrons. The van der Waals surface area contributed by atoms with Crippen LogP contribution in [-0.4, -0.2) is 22.8 Å². The fraction of sp³-hybridized carbons (Fsp3) is 0.0333. The number of allylic oxidation sites excluding steroid dienone is 1. The molecule has 0 bridgehead atoms. The van der Waals surface area contributed by atoms with E-state index in [0.29, 0.717) is 16.7 Å². The van der Waals surface area contributed by atoms with Gasteiger partial charge in [-0.2, -0.15) is 0 Å². The van der Waals surface area contributed by atoms with Gasteiger partial charge in [-0.3, -0.25) is 4.79 Å². The minimum atomic E-state index is -0.630. The van der Waals surface area contributed by atoms with Gasteiger partial charge >= 0.3 is 11.9 Å². The van der Waals surface area contributed by atoms with E-state index >= 15 is 0 Å². The van der Waals surface area contributed by atoms with Gasteiger partial charge in [0.2, 0.25) is 0 Å². The predicted molar refractivity (Wildman–Crippen MR) is 135 cm³/mol. The van der Waals surface area contributed by atoms with Crippen molar-refractivity contribution in [2.75, 3.05) is 0 Å². The molecule has 1 N–H and O–H groups in total. The van der Waals surface area contributed by atoms with Crippen LogP contribution < -0.4 is 9.47 Å². The van der Waals surface area contributed by atoms with Crippen molar-refractivity contribution >= 4 is 23.8 Å². The first-order valence-corrected chi connectivity index (χ1v) is 11.1. The molecule has 0 saturated carbocycles. The first-order chi connectivity index (χ1) is 17.4. The first kappa shape index (κ1) is 24.2. The Balaban J connectivity index is 1.62. The molecule has 36 heavy (non-hydrogen) atoms. The van der Waals surface area contributed by atoms with Crippen molar-refractivity contribution in [2.24, 2.45) is 0 Å². The Bertz CT molecular complexity index is 1440. The second kappa shape index (κ2) is 11.0. The number of aromatic hydroxyl groups is 1. The lowest BCUT2D eigenvalue weighted by Gasteiger charge is -2.12. The van der Waals surface area contributed by atoms with Crippen LogP contribution in [0.5, 0.6) is 17.2 Å². The molecular formula is C30H22O6. The van der Waals surface area contributed by atoms with Gasteiger partial charge in [0.15, 0.2) is 17.3 Å². The van der Waals surface area contributed by atoms with E-state index in [1.807, 2.05) is 6.92 Å². The fourth-order valence-corrected chi connectivity index (χ4v) is 3.37. The summed E-state index contributed by atoms with van der Waals surface area (Å²) in [6, 6.07) is 26.2. The third-order valence-corrected chi connectivity index (χ3v) is 5.24. The highest BCUT2D eigenvalue weighted by molar-refractivity contribution is 6.08. The van der Waals surface area contributed by atoms with E-state index in [0.717, 1.165) is 5.56 Å². The number of aryl methyl sites for hydroxylation is 1. The van der Waals surface area contributed by atoms with E-state index < -0.39 is 17.7 Å². The van der Waals surface area contributed by atoms with Crippen molar-refractivity contribution in [3.63, 3.8) is 0 Å². The Labute approximate surface area is 208 Å². The summed E-state index contributed by atoms with van der Waals surface area (Å²) in [5.41, 5.74) is 2.19. The van der Waals surface area contributed by atoms with Gasteiger partial charge in [-0.1, -0.05) is 60.2 Å². The topological polar surface area (TPSA) is 89.9 Å². The molecule has 0 aromatic heterocycles. The Morgan fingerprint density at radius 1 is 0.694 bits per heavy atom. The molecule has 0 aliphatic heterocycles. The maximum atomic E-state index is 12.7. The van der Waals surface area contributed by atoms with Crippen LogP contribution in [0, 0.1) is 6.92 Å². The predicted octanol–water partition coefficient (Wildman–Crippen LogP) is 6.04. The maximum absolute atomic E-state index is 12.7. The van der Waals surface area contributed by atoms with Gasteiger partial charge in [0.25, 0.3) is 0 Å². The Morgan fingerprint density at radius 2 is 1.28 bits per heavy atom. The molecule has 6 heteroatoms. The van der Waals surface area contributed by atoms with E-state index in [-0.39, 0.29) is 22.8 Å². The highest BCUT2D eigenvalue weighted by atomic mass is 16.6. The molecule has 0 aliphatic carbocycles. The lowest BCUT2D eigenvalue weighted by Crippen LogP contribution is -2.12. The van der Waals surface area contributed by atoms with Crippen molar-refractivity contribution in [3.05, 3.63) is 131 Å². The number of phenols is 1. The number of ether oxygens (including phenoxy) is 2. The molecule has 0 aliphatic rings. The average molecular weight is 479 g/mol. The molecule has 0 fully saturated rings. The highest BCUT2D eigenvalue weighted by Gasteiger charge is 2.17. The van der Waals surface area contributed by atoms with Gasteiger partial charge in [-0.05, 0) is 67.1 Å². The van der Waals surface area contributed by atoms with Gasteiger partial charge in [-0.25, -0.2) is 9.59 Å². The fourth-order valence-electron chi connectivity index (χ4n) is 3.37. The zero-order chi connectivity index (χ0) is 25.5. The van der Waals surface area contributed by atoms with Crippen LogP contribution in [0.15, 0.2) is 103 Å². The maximum Gasteiger partial charge on any atom is 0.343 e. The van der Waals surface area contributed by atoms with Crippen LogP contribution in [-0.2, 0) is 0 Å². The highest BCUT2D eigenvalue weighted by Crippen LogP contribution is 2.31. The number of ketones is 1. The van der Waals surface area contributed by atoms with Crippen LogP contribution in [0.3, 0.4) is 0 Å². The van der Waals surface area contributed by atoms with Gasteiger partial charge in [0, 0.05) is 0 Å². The number of hydrogen-bond donors (Lipinski definition) is 1. The van der Waals surface area contributed by atoms with Crippen molar-refractivity contribution in [1.82, 2.24) is 0 Å². The lowest BCUT2D eigenvalue weighted by molar-refractivity contribution is 0.0682. The second-order valence-corrected chi connectivity index (χ2v) is 7.94. The zero-order valence-electron chi connectivity index (χ0n) is 19.4. The Morgan fingerprint density at radius 3 is 1.89 bits per heavy atom. The summed E-state index contributed by atoms with van der Waals surface area (Å²) in [5.74, 6) is -1.68. The smallest absolute Gasteiger partial charge is 0.343 e. The Hall–Kier alpha value is -4.97. The summed E-state index contributed by atoms with van der Waals surface area (Å²) in [7, 11) is 0. The standard InChI is InChI=1S/C30H22O6/c1-20-12-15-25(31)24(18-20)26(32)16-13-21-14-17-27(35-29(33)22-8-4-2-5-9-22)28(19-21)36-30(34)23-10-6-3-7-11-23/h2-19,31H,1H3/b16-13+. The number of phenolic OH excluding ortho intramolecular Hbond substituents is 1. The van der Waals surface area contributed by atoms with E-state index in [2.05, 4.69) is 0 Å². The minimum absolute atomic E-state index is 0.0149. The average Bonchev–Trinajstić information content (AvgIpc) is 2.90. The van der Waals surface area contributed by atoms with E-state index in [1.54, 1.807) is 78.9 Å². The molecule has 6 nitrogen and oxygen atoms in total. The number of carbonyl (C=O) groups is 3. The van der Waals surface area contributed by atoms with Crippen molar-refractivity contribution in [3.8, 4) is 17.2 Å². The number of benzene rings is 4. The number of rotatable bonds is 7. The molecule has 0 radical (unpaired) electrons. The van der Waals surface area contributed by atoms with Gasteiger partial charge in [0.1, 0.15) is 5.75 Å². The summed E-state index contributed by atoms with van der Waals surface area (Å²) >= 11 is 0. The van der Waals surface area contributed by atoms with Crippen molar-refractivity contribution in [1.29, 1.82) is 0 Å². The molecule has 4 aromatic carbocycles. The van der Waals surface area contributed by atoms with Crippen LogP contribution >= 0.6 is 0 Å². The number of esters is 2. The molecule has 0 amide bonds. The number of hydrogen-bond acceptors (Lipinski definition) is 6. The summed E-state index contributed by atoms with van der Waals surface area (Å²) in [5, 5.41) is 10.0. The summed E-state index contributed by atoms with van der Waals surface area (Å²) in [6.07, 6.45) is 2.83. The van der Waals surface area contributed by atoms with Crippen LogP contribution in [0.2, 0.25) is 0 Å². The monoisotopic (exact) mass is 478 g/mol.